The predicted molar refractivity (Wildman–Crippen MR) is 97.0 cm³/mol. The van der Waals surface area contributed by atoms with Gasteiger partial charge in [0, 0.05) is 19.0 Å². The Morgan fingerprint density at radius 3 is 2.08 bits per heavy atom. The van der Waals surface area contributed by atoms with Crippen molar-refractivity contribution in [2.24, 2.45) is 0 Å². The van der Waals surface area contributed by atoms with Crippen LogP contribution in [0.25, 0.3) is 0 Å². The highest BCUT2D eigenvalue weighted by molar-refractivity contribution is 5.74. The summed E-state index contributed by atoms with van der Waals surface area (Å²) in [6.07, 6.45) is 15.8. The highest BCUT2D eigenvalue weighted by Crippen LogP contribution is 2.17. The topological polar surface area (TPSA) is 67.4 Å². The summed E-state index contributed by atoms with van der Waals surface area (Å²) in [5, 5.41) is 6.05. The lowest BCUT2D eigenvalue weighted by molar-refractivity contribution is -0.140. The maximum atomic E-state index is 11.8. The van der Waals surface area contributed by atoms with E-state index in [1.165, 1.54) is 58.5 Å². The number of nitrogens with one attached hydrogen (secondary N) is 2. The second-order valence-corrected chi connectivity index (χ2v) is 6.89. The molecule has 0 spiro atoms. The lowest BCUT2D eigenvalue weighted by atomic mass is 9.96. The third kappa shape index (κ3) is 11.3. The fourth-order valence-electron chi connectivity index (χ4n) is 3.24. The summed E-state index contributed by atoms with van der Waals surface area (Å²) >= 11 is 0. The first kappa shape index (κ1) is 20.8. The molecule has 24 heavy (non-hydrogen) atoms. The Morgan fingerprint density at radius 2 is 1.46 bits per heavy atom. The molecule has 0 heterocycles. The number of methoxy groups -OCH3 is 1. The quantitative estimate of drug-likeness (QED) is 0.411. The first-order valence-electron chi connectivity index (χ1n) is 9.83. The summed E-state index contributed by atoms with van der Waals surface area (Å²) in [4.78, 5) is 22.7. The monoisotopic (exact) mass is 340 g/mol. The van der Waals surface area contributed by atoms with E-state index < -0.39 is 0 Å². The van der Waals surface area contributed by atoms with Crippen molar-refractivity contribution < 1.29 is 14.3 Å². The van der Waals surface area contributed by atoms with Gasteiger partial charge in [0.05, 0.1) is 7.11 Å². The highest BCUT2D eigenvalue weighted by atomic mass is 16.5. The molecule has 140 valence electrons. The summed E-state index contributed by atoms with van der Waals surface area (Å²) in [5.74, 6) is -0.102. The van der Waals surface area contributed by atoms with Gasteiger partial charge >= 0.3 is 12.0 Å². The Kier molecular flexibility index (Phi) is 12.2. The van der Waals surface area contributed by atoms with Crippen molar-refractivity contribution in [2.45, 2.75) is 95.9 Å². The average molecular weight is 341 g/mol. The number of hydrogen-bond donors (Lipinski definition) is 2. The minimum Gasteiger partial charge on any atom is -0.469 e. The zero-order chi connectivity index (χ0) is 17.5. The largest absolute Gasteiger partial charge is 0.469 e. The van der Waals surface area contributed by atoms with Crippen molar-refractivity contribution in [3.8, 4) is 0 Å². The van der Waals surface area contributed by atoms with Gasteiger partial charge in [0.1, 0.15) is 0 Å². The van der Waals surface area contributed by atoms with Gasteiger partial charge in [-0.05, 0) is 25.7 Å². The molecule has 1 saturated carbocycles. The summed E-state index contributed by atoms with van der Waals surface area (Å²) < 4.78 is 4.62. The van der Waals surface area contributed by atoms with E-state index in [0.29, 0.717) is 12.5 Å². The van der Waals surface area contributed by atoms with Crippen molar-refractivity contribution in [1.82, 2.24) is 10.6 Å². The molecule has 2 amide bonds. The van der Waals surface area contributed by atoms with Crippen molar-refractivity contribution >= 4 is 12.0 Å². The molecule has 0 bridgehead atoms. The van der Waals surface area contributed by atoms with E-state index in [-0.39, 0.29) is 12.0 Å². The van der Waals surface area contributed by atoms with E-state index in [2.05, 4.69) is 15.4 Å². The third-order valence-corrected chi connectivity index (χ3v) is 4.76. The van der Waals surface area contributed by atoms with Crippen molar-refractivity contribution in [1.29, 1.82) is 0 Å². The zero-order valence-corrected chi connectivity index (χ0v) is 15.4. The summed E-state index contributed by atoms with van der Waals surface area (Å²) in [6.45, 7) is 0.775. The minimum absolute atomic E-state index is 0.00695. The van der Waals surface area contributed by atoms with Crippen molar-refractivity contribution in [3.05, 3.63) is 0 Å². The molecule has 0 unspecified atom stereocenters. The maximum Gasteiger partial charge on any atom is 0.315 e. The molecule has 1 aliphatic carbocycles. The van der Waals surface area contributed by atoms with Crippen molar-refractivity contribution in [2.75, 3.05) is 13.7 Å². The molecule has 5 nitrogen and oxygen atoms in total. The number of carbonyl (C=O) groups is 2. The van der Waals surface area contributed by atoms with E-state index >= 15 is 0 Å². The molecule has 0 aromatic rings. The number of carbonyl (C=O) groups excluding carboxylic acids is 2. The molecule has 1 aliphatic rings. The van der Waals surface area contributed by atoms with Crippen LogP contribution in [0.15, 0.2) is 0 Å². The lowest BCUT2D eigenvalue weighted by Gasteiger charge is -2.22. The molecule has 0 saturated heterocycles. The predicted octanol–water partition coefficient (Wildman–Crippen LogP) is 4.30. The molecule has 1 rings (SSSR count). The Hall–Kier alpha value is -1.26. The van der Waals surface area contributed by atoms with Crippen LogP contribution in [0.1, 0.15) is 89.9 Å². The lowest BCUT2D eigenvalue weighted by Crippen LogP contribution is -2.43. The van der Waals surface area contributed by atoms with Crippen LogP contribution < -0.4 is 10.6 Å². The number of amides is 2. The third-order valence-electron chi connectivity index (χ3n) is 4.76. The van der Waals surface area contributed by atoms with E-state index in [4.69, 9.17) is 0 Å². The first-order valence-corrected chi connectivity index (χ1v) is 9.83. The number of unbranched alkanes of at least 4 members (excludes halogenated alkanes) is 7. The van der Waals surface area contributed by atoms with Gasteiger partial charge in [-0.15, -0.1) is 0 Å². The average Bonchev–Trinajstić information content (AvgIpc) is 2.60. The summed E-state index contributed by atoms with van der Waals surface area (Å²) in [5.41, 5.74) is 0. The van der Waals surface area contributed by atoms with Crippen LogP contribution in [0.2, 0.25) is 0 Å². The smallest absolute Gasteiger partial charge is 0.315 e. The molecule has 5 heteroatoms. The molecular weight excluding hydrogens is 304 g/mol. The van der Waals surface area contributed by atoms with Gasteiger partial charge < -0.3 is 15.4 Å². The highest BCUT2D eigenvalue weighted by Gasteiger charge is 2.14. The summed E-state index contributed by atoms with van der Waals surface area (Å²) in [7, 11) is 1.44. The molecular formula is C19H36N2O3. The van der Waals surface area contributed by atoms with Gasteiger partial charge in [0.2, 0.25) is 0 Å². The van der Waals surface area contributed by atoms with Crippen molar-refractivity contribution in [3.63, 3.8) is 0 Å². The van der Waals surface area contributed by atoms with Gasteiger partial charge in [-0.25, -0.2) is 4.79 Å². The number of hydrogen-bond acceptors (Lipinski definition) is 3. The maximum absolute atomic E-state index is 11.8. The second-order valence-electron chi connectivity index (χ2n) is 6.89. The van der Waals surface area contributed by atoms with E-state index in [9.17, 15) is 9.59 Å². The number of urea groups is 1. The molecule has 0 atom stereocenters. The Morgan fingerprint density at radius 1 is 0.875 bits per heavy atom. The van der Waals surface area contributed by atoms with Crippen LogP contribution in [-0.4, -0.2) is 31.7 Å². The van der Waals surface area contributed by atoms with Gasteiger partial charge in [0.25, 0.3) is 0 Å². The van der Waals surface area contributed by atoms with Gasteiger partial charge in [-0.3, -0.25) is 4.79 Å². The standard InChI is InChI=1S/C19H36N2O3/c1-24-18(22)15-11-6-4-2-3-5-7-12-16-20-19(23)21-17-13-9-8-10-14-17/h17H,2-16H2,1H3,(H2,20,21,23). The fraction of sp³-hybridized carbons (Fsp3) is 0.895. The molecule has 1 fully saturated rings. The van der Waals surface area contributed by atoms with E-state index in [0.717, 1.165) is 38.6 Å². The zero-order valence-electron chi connectivity index (χ0n) is 15.4. The Balaban J connectivity index is 1.80. The molecule has 0 aromatic carbocycles. The van der Waals surface area contributed by atoms with Gasteiger partial charge in [-0.2, -0.15) is 0 Å². The fourth-order valence-corrected chi connectivity index (χ4v) is 3.24. The second kappa shape index (κ2) is 14.1. The minimum atomic E-state index is -0.102. The normalized spacial score (nSPS) is 15.0. The van der Waals surface area contributed by atoms with Crippen LogP contribution in [0.5, 0.6) is 0 Å². The van der Waals surface area contributed by atoms with E-state index in [1.807, 2.05) is 0 Å². The van der Waals surface area contributed by atoms with Gasteiger partial charge in [0.15, 0.2) is 0 Å². The van der Waals surface area contributed by atoms with Crippen LogP contribution in [0.4, 0.5) is 4.79 Å². The first-order chi connectivity index (χ1) is 11.7. The number of esters is 1. The van der Waals surface area contributed by atoms with Crippen LogP contribution in [0.3, 0.4) is 0 Å². The number of ether oxygens (including phenoxy) is 1. The molecule has 0 radical (unpaired) electrons. The molecule has 0 aromatic heterocycles. The van der Waals surface area contributed by atoms with E-state index in [1.54, 1.807) is 0 Å². The van der Waals surface area contributed by atoms with Gasteiger partial charge in [-0.1, -0.05) is 57.8 Å². The Labute approximate surface area is 147 Å². The van der Waals surface area contributed by atoms with Crippen LogP contribution >= 0.6 is 0 Å². The van der Waals surface area contributed by atoms with Crippen LogP contribution in [-0.2, 0) is 9.53 Å². The number of rotatable bonds is 12. The molecule has 0 aliphatic heterocycles. The molecule has 2 N–H and O–H groups in total. The Bertz CT molecular complexity index is 342. The summed E-state index contributed by atoms with van der Waals surface area (Å²) in [6, 6.07) is 0.394. The van der Waals surface area contributed by atoms with Crippen LogP contribution in [0, 0.1) is 0 Å². The SMILES string of the molecule is COC(=O)CCCCCCCCCCNC(=O)NC1CCCCC1.